The van der Waals surface area contributed by atoms with Crippen LogP contribution in [0.4, 0.5) is 0 Å². The summed E-state index contributed by atoms with van der Waals surface area (Å²) in [5.41, 5.74) is 3.27. The van der Waals surface area contributed by atoms with Gasteiger partial charge < -0.3 is 9.88 Å². The van der Waals surface area contributed by atoms with Gasteiger partial charge in [0.15, 0.2) is 0 Å². The number of nitrogens with one attached hydrogen (secondary N) is 1. The number of para-hydroxylation sites is 1. The number of likely N-dealkylation sites (tertiary alicyclic amines) is 1. The lowest BCUT2D eigenvalue weighted by molar-refractivity contribution is -0.146. The van der Waals surface area contributed by atoms with Gasteiger partial charge in [0, 0.05) is 29.2 Å². The van der Waals surface area contributed by atoms with E-state index in [1.807, 2.05) is 59.6 Å². The summed E-state index contributed by atoms with van der Waals surface area (Å²) in [5.74, 6) is 0.000742. The fraction of sp³-hybridized carbons (Fsp3) is 0.167. The number of amides is 1. The first-order valence-corrected chi connectivity index (χ1v) is 7.74. The van der Waals surface area contributed by atoms with E-state index in [-0.39, 0.29) is 11.9 Å². The minimum atomic E-state index is -0.483. The highest BCUT2D eigenvalue weighted by Crippen LogP contribution is 2.42. The molecular weight excluding hydrogens is 296 g/mol. The number of alkyl halides is 1. The molecular formula is C18H15ClN2O. The lowest BCUT2D eigenvalue weighted by Crippen LogP contribution is -2.55. The smallest absolute Gasteiger partial charge is 0.244 e. The molecule has 1 aliphatic rings. The molecule has 110 valence electrons. The number of rotatable bonds is 3. The summed E-state index contributed by atoms with van der Waals surface area (Å²) in [4.78, 5) is 17.3. The molecule has 0 saturated carbocycles. The molecule has 1 aromatic heterocycles. The van der Waals surface area contributed by atoms with Crippen LogP contribution in [0.2, 0.25) is 0 Å². The van der Waals surface area contributed by atoms with E-state index in [1.165, 1.54) is 0 Å². The van der Waals surface area contributed by atoms with Crippen molar-refractivity contribution >= 4 is 28.4 Å². The topological polar surface area (TPSA) is 36.1 Å². The van der Waals surface area contributed by atoms with Crippen LogP contribution < -0.4 is 0 Å². The molecule has 0 bridgehead atoms. The molecule has 3 aromatic rings. The third-order valence-electron chi connectivity index (χ3n) is 4.27. The second-order valence-electron chi connectivity index (χ2n) is 5.59. The first kappa shape index (κ1) is 13.4. The van der Waals surface area contributed by atoms with Crippen molar-refractivity contribution < 1.29 is 4.79 Å². The van der Waals surface area contributed by atoms with Crippen molar-refractivity contribution in [2.24, 2.45) is 0 Å². The fourth-order valence-electron chi connectivity index (χ4n) is 3.13. The summed E-state index contributed by atoms with van der Waals surface area (Å²) in [5, 5.41) is 0.645. The van der Waals surface area contributed by atoms with Gasteiger partial charge in [0.25, 0.3) is 0 Å². The summed E-state index contributed by atoms with van der Waals surface area (Å²) in [6.45, 7) is 0.590. The van der Waals surface area contributed by atoms with Crippen molar-refractivity contribution in [1.82, 2.24) is 9.88 Å². The number of hydrogen-bond acceptors (Lipinski definition) is 1. The van der Waals surface area contributed by atoms with Gasteiger partial charge in [0.1, 0.15) is 5.38 Å². The SMILES string of the molecule is O=C1C(Cl)C(c2c[nH]c3ccccc23)N1Cc1ccccc1. The van der Waals surface area contributed by atoms with E-state index in [1.54, 1.807) is 0 Å². The Hall–Kier alpha value is -2.26. The second-order valence-corrected chi connectivity index (χ2v) is 6.06. The Bertz CT molecular complexity index is 827. The predicted octanol–water partition coefficient (Wildman–Crippen LogP) is 3.86. The normalized spacial score (nSPS) is 21.1. The largest absolute Gasteiger partial charge is 0.361 e. The summed E-state index contributed by atoms with van der Waals surface area (Å²) in [6, 6.07) is 18.0. The van der Waals surface area contributed by atoms with E-state index >= 15 is 0 Å². The van der Waals surface area contributed by atoms with Crippen molar-refractivity contribution in [1.29, 1.82) is 0 Å². The lowest BCUT2D eigenvalue weighted by atomic mass is 9.92. The van der Waals surface area contributed by atoms with E-state index in [2.05, 4.69) is 11.1 Å². The molecule has 0 radical (unpaired) electrons. The van der Waals surface area contributed by atoms with Crippen LogP contribution in [0.15, 0.2) is 60.8 Å². The molecule has 1 N–H and O–H groups in total. The molecule has 2 unspecified atom stereocenters. The Morgan fingerprint density at radius 3 is 2.59 bits per heavy atom. The summed E-state index contributed by atoms with van der Waals surface area (Å²) in [6.07, 6.45) is 1.97. The van der Waals surface area contributed by atoms with Crippen LogP contribution in [0.5, 0.6) is 0 Å². The Labute approximate surface area is 133 Å². The Balaban J connectivity index is 1.69. The minimum absolute atomic E-state index is 0.000742. The maximum Gasteiger partial charge on any atom is 0.244 e. The molecule has 22 heavy (non-hydrogen) atoms. The van der Waals surface area contributed by atoms with Gasteiger partial charge in [0.2, 0.25) is 5.91 Å². The van der Waals surface area contributed by atoms with Gasteiger partial charge in [-0.05, 0) is 11.6 Å². The number of nitrogens with zero attached hydrogens (tertiary/aromatic N) is 1. The molecule has 2 heterocycles. The molecule has 0 spiro atoms. The maximum absolute atomic E-state index is 12.2. The van der Waals surface area contributed by atoms with E-state index in [9.17, 15) is 4.79 Å². The summed E-state index contributed by atoms with van der Waals surface area (Å²) >= 11 is 6.31. The van der Waals surface area contributed by atoms with Crippen LogP contribution in [0.3, 0.4) is 0 Å². The van der Waals surface area contributed by atoms with E-state index in [0.29, 0.717) is 6.54 Å². The van der Waals surface area contributed by atoms with Gasteiger partial charge in [-0.1, -0.05) is 48.5 Å². The molecule has 2 aromatic carbocycles. The first-order valence-electron chi connectivity index (χ1n) is 7.30. The molecule has 4 rings (SSSR count). The highest BCUT2D eigenvalue weighted by atomic mass is 35.5. The van der Waals surface area contributed by atoms with Crippen LogP contribution in [-0.2, 0) is 11.3 Å². The quantitative estimate of drug-likeness (QED) is 0.579. The van der Waals surface area contributed by atoms with Gasteiger partial charge in [0.05, 0.1) is 6.04 Å². The number of β-lactam (4-membered cyclic amide) rings is 1. The van der Waals surface area contributed by atoms with Gasteiger partial charge in [-0.3, -0.25) is 4.79 Å². The number of H-pyrrole nitrogens is 1. The number of fused-ring (bicyclic) bond motifs is 1. The third kappa shape index (κ3) is 2.01. The van der Waals surface area contributed by atoms with Crippen molar-refractivity contribution in [2.75, 3.05) is 0 Å². The predicted molar refractivity (Wildman–Crippen MR) is 87.7 cm³/mol. The first-order chi connectivity index (χ1) is 10.8. The highest BCUT2D eigenvalue weighted by Gasteiger charge is 2.47. The second kappa shape index (κ2) is 5.18. The van der Waals surface area contributed by atoms with Crippen molar-refractivity contribution in [3.05, 3.63) is 71.9 Å². The standard InChI is InChI=1S/C18H15ClN2O/c19-16-17(14-10-20-15-9-5-4-8-13(14)15)21(18(16)22)11-12-6-2-1-3-7-12/h1-10,16-17,20H,11H2. The Morgan fingerprint density at radius 2 is 1.77 bits per heavy atom. The van der Waals surface area contributed by atoms with E-state index in [0.717, 1.165) is 22.0 Å². The molecule has 3 nitrogen and oxygen atoms in total. The van der Waals surface area contributed by atoms with E-state index in [4.69, 9.17) is 11.6 Å². The highest BCUT2D eigenvalue weighted by molar-refractivity contribution is 6.33. The molecule has 0 aliphatic carbocycles. The molecule has 2 atom stereocenters. The number of aromatic nitrogens is 1. The van der Waals surface area contributed by atoms with Crippen LogP contribution in [0, 0.1) is 0 Å². The van der Waals surface area contributed by atoms with Gasteiger partial charge >= 0.3 is 0 Å². The van der Waals surface area contributed by atoms with Crippen molar-refractivity contribution in [3.8, 4) is 0 Å². The van der Waals surface area contributed by atoms with Crippen LogP contribution in [0.25, 0.3) is 10.9 Å². The zero-order valence-corrected chi connectivity index (χ0v) is 12.6. The lowest BCUT2D eigenvalue weighted by Gasteiger charge is -2.44. The fourth-order valence-corrected chi connectivity index (χ4v) is 3.52. The van der Waals surface area contributed by atoms with Gasteiger partial charge in [-0.2, -0.15) is 0 Å². The average Bonchev–Trinajstić information content (AvgIpc) is 2.99. The number of aromatic amines is 1. The number of carbonyl (C=O) groups is 1. The number of halogens is 1. The minimum Gasteiger partial charge on any atom is -0.361 e. The van der Waals surface area contributed by atoms with Crippen LogP contribution in [-0.4, -0.2) is 21.2 Å². The zero-order chi connectivity index (χ0) is 15.1. The van der Waals surface area contributed by atoms with Crippen molar-refractivity contribution in [2.45, 2.75) is 18.0 Å². The zero-order valence-electron chi connectivity index (χ0n) is 11.9. The van der Waals surface area contributed by atoms with Gasteiger partial charge in [-0.25, -0.2) is 0 Å². The van der Waals surface area contributed by atoms with Crippen molar-refractivity contribution in [3.63, 3.8) is 0 Å². The van der Waals surface area contributed by atoms with Crippen LogP contribution in [0.1, 0.15) is 17.2 Å². The molecule has 1 amide bonds. The number of carbonyl (C=O) groups excluding carboxylic acids is 1. The third-order valence-corrected chi connectivity index (χ3v) is 4.69. The Morgan fingerprint density at radius 1 is 1.05 bits per heavy atom. The number of benzene rings is 2. The van der Waals surface area contributed by atoms with E-state index < -0.39 is 5.38 Å². The molecule has 1 aliphatic heterocycles. The maximum atomic E-state index is 12.2. The average molecular weight is 311 g/mol. The molecule has 1 saturated heterocycles. The Kier molecular flexibility index (Phi) is 3.16. The summed E-state index contributed by atoms with van der Waals surface area (Å²) in [7, 11) is 0. The molecule has 4 heteroatoms. The molecule has 1 fully saturated rings. The monoisotopic (exact) mass is 310 g/mol. The van der Waals surface area contributed by atoms with Crippen LogP contribution >= 0.6 is 11.6 Å². The summed E-state index contributed by atoms with van der Waals surface area (Å²) < 4.78 is 0. The van der Waals surface area contributed by atoms with Gasteiger partial charge in [-0.15, -0.1) is 11.6 Å². The number of hydrogen-bond donors (Lipinski definition) is 1.